The second kappa shape index (κ2) is 10.9. The Hall–Kier alpha value is -4.06. The van der Waals surface area contributed by atoms with Crippen LogP contribution in [0.5, 0.6) is 0 Å². The van der Waals surface area contributed by atoms with Crippen molar-refractivity contribution in [3.8, 4) is 11.4 Å². The molecule has 2 heterocycles. The molecule has 0 unspecified atom stereocenters. The molecule has 37 heavy (non-hydrogen) atoms. The van der Waals surface area contributed by atoms with E-state index < -0.39 is 0 Å². The van der Waals surface area contributed by atoms with E-state index in [9.17, 15) is 9.18 Å². The fourth-order valence-electron chi connectivity index (χ4n) is 4.89. The van der Waals surface area contributed by atoms with Gasteiger partial charge in [0.25, 0.3) is 5.91 Å². The summed E-state index contributed by atoms with van der Waals surface area (Å²) >= 11 is 0. The molecule has 0 spiro atoms. The summed E-state index contributed by atoms with van der Waals surface area (Å²) < 4.78 is 13.3. The molecule has 0 bridgehead atoms. The SMILES string of the molecule is CCc1nc(-c2ccccc2)nc(N2CCN(C(=O)c3ccc(F)cc3)CC2)c1Cc1cccc(C)c1. The third-order valence-electron chi connectivity index (χ3n) is 6.86. The smallest absolute Gasteiger partial charge is 0.253 e. The van der Waals surface area contributed by atoms with Crippen molar-refractivity contribution in [3.05, 3.63) is 113 Å². The fourth-order valence-corrected chi connectivity index (χ4v) is 4.89. The van der Waals surface area contributed by atoms with E-state index in [1.807, 2.05) is 35.2 Å². The van der Waals surface area contributed by atoms with E-state index in [-0.39, 0.29) is 11.7 Å². The van der Waals surface area contributed by atoms with Crippen molar-refractivity contribution >= 4 is 11.7 Å². The van der Waals surface area contributed by atoms with E-state index in [4.69, 9.17) is 9.97 Å². The number of anilines is 1. The van der Waals surface area contributed by atoms with Gasteiger partial charge in [0.2, 0.25) is 0 Å². The molecule has 1 aliphatic rings. The zero-order valence-electron chi connectivity index (χ0n) is 21.3. The van der Waals surface area contributed by atoms with Crippen molar-refractivity contribution in [1.29, 1.82) is 0 Å². The molecular weight excluding hydrogens is 463 g/mol. The standard InChI is InChI=1S/C31H31FN4O/c1-3-28-27(21-23-9-7-8-22(2)20-23)30(34-29(33-28)24-10-5-4-6-11-24)35-16-18-36(19-17-35)31(37)25-12-14-26(32)15-13-25/h4-15,20H,3,16-19,21H2,1-2H3. The Morgan fingerprint density at radius 3 is 2.30 bits per heavy atom. The molecule has 1 aliphatic heterocycles. The maximum Gasteiger partial charge on any atom is 0.253 e. The highest BCUT2D eigenvalue weighted by Crippen LogP contribution is 2.29. The van der Waals surface area contributed by atoms with Gasteiger partial charge in [-0.25, -0.2) is 14.4 Å². The van der Waals surface area contributed by atoms with Gasteiger partial charge in [-0.05, 0) is 43.2 Å². The van der Waals surface area contributed by atoms with Crippen LogP contribution in [0.1, 0.15) is 39.7 Å². The highest BCUT2D eigenvalue weighted by atomic mass is 19.1. The molecule has 1 amide bonds. The summed E-state index contributed by atoms with van der Waals surface area (Å²) in [5.74, 6) is 1.26. The van der Waals surface area contributed by atoms with Crippen molar-refractivity contribution in [2.45, 2.75) is 26.7 Å². The Balaban J connectivity index is 1.46. The van der Waals surface area contributed by atoms with Crippen LogP contribution in [0.2, 0.25) is 0 Å². The Bertz CT molecular complexity index is 1380. The van der Waals surface area contributed by atoms with Crippen molar-refractivity contribution in [2.75, 3.05) is 31.1 Å². The van der Waals surface area contributed by atoms with Gasteiger partial charge < -0.3 is 9.80 Å². The number of rotatable bonds is 6. The summed E-state index contributed by atoms with van der Waals surface area (Å²) in [5, 5.41) is 0. The van der Waals surface area contributed by atoms with Crippen molar-refractivity contribution in [1.82, 2.24) is 14.9 Å². The second-order valence-corrected chi connectivity index (χ2v) is 9.47. The Kier molecular flexibility index (Phi) is 7.26. The minimum Gasteiger partial charge on any atom is -0.353 e. The number of carbonyl (C=O) groups excluding carboxylic acids is 1. The van der Waals surface area contributed by atoms with Crippen LogP contribution in [0, 0.1) is 12.7 Å². The molecule has 6 heteroatoms. The maximum atomic E-state index is 13.3. The van der Waals surface area contributed by atoms with Gasteiger partial charge >= 0.3 is 0 Å². The average Bonchev–Trinajstić information content (AvgIpc) is 2.94. The van der Waals surface area contributed by atoms with Crippen LogP contribution in [-0.2, 0) is 12.8 Å². The predicted octanol–water partition coefficient (Wildman–Crippen LogP) is 5.71. The van der Waals surface area contributed by atoms with Crippen LogP contribution in [0.15, 0.2) is 78.9 Å². The number of hydrogen-bond donors (Lipinski definition) is 0. The largest absolute Gasteiger partial charge is 0.353 e. The number of carbonyl (C=O) groups is 1. The van der Waals surface area contributed by atoms with Crippen LogP contribution < -0.4 is 4.90 Å². The first-order valence-corrected chi connectivity index (χ1v) is 12.8. The monoisotopic (exact) mass is 494 g/mol. The Labute approximate surface area is 217 Å². The lowest BCUT2D eigenvalue weighted by Crippen LogP contribution is -2.49. The van der Waals surface area contributed by atoms with Gasteiger partial charge in [0.05, 0.1) is 0 Å². The molecule has 3 aromatic carbocycles. The summed E-state index contributed by atoms with van der Waals surface area (Å²) in [5.41, 5.74) is 6.16. The summed E-state index contributed by atoms with van der Waals surface area (Å²) in [7, 11) is 0. The van der Waals surface area contributed by atoms with Crippen LogP contribution in [0.25, 0.3) is 11.4 Å². The van der Waals surface area contributed by atoms with Crippen LogP contribution in [0.4, 0.5) is 10.2 Å². The van der Waals surface area contributed by atoms with E-state index in [1.54, 1.807) is 12.1 Å². The zero-order valence-corrected chi connectivity index (χ0v) is 21.3. The third-order valence-corrected chi connectivity index (χ3v) is 6.86. The second-order valence-electron chi connectivity index (χ2n) is 9.47. The van der Waals surface area contributed by atoms with Gasteiger partial charge in [0, 0.05) is 55.0 Å². The molecule has 5 rings (SSSR count). The van der Waals surface area contributed by atoms with E-state index in [0.717, 1.165) is 41.3 Å². The summed E-state index contributed by atoms with van der Waals surface area (Å²) in [6, 6.07) is 24.4. The molecule has 0 radical (unpaired) electrons. The number of aryl methyl sites for hydroxylation is 2. The minimum absolute atomic E-state index is 0.0680. The van der Waals surface area contributed by atoms with E-state index >= 15 is 0 Å². The molecule has 1 aromatic heterocycles. The summed E-state index contributed by atoms with van der Waals surface area (Å²) in [6.45, 7) is 6.74. The van der Waals surface area contributed by atoms with Gasteiger partial charge in [0.1, 0.15) is 11.6 Å². The Morgan fingerprint density at radius 2 is 1.62 bits per heavy atom. The number of benzene rings is 3. The highest BCUT2D eigenvalue weighted by Gasteiger charge is 2.26. The first-order valence-electron chi connectivity index (χ1n) is 12.8. The maximum absolute atomic E-state index is 13.3. The van der Waals surface area contributed by atoms with E-state index in [0.29, 0.717) is 31.7 Å². The first-order chi connectivity index (χ1) is 18.0. The number of piperazine rings is 1. The Morgan fingerprint density at radius 1 is 0.892 bits per heavy atom. The summed E-state index contributed by atoms with van der Waals surface area (Å²) in [6.07, 6.45) is 1.56. The number of aromatic nitrogens is 2. The lowest BCUT2D eigenvalue weighted by molar-refractivity contribution is 0.0746. The minimum atomic E-state index is -0.341. The quantitative estimate of drug-likeness (QED) is 0.345. The zero-order chi connectivity index (χ0) is 25.8. The third kappa shape index (κ3) is 5.53. The molecule has 0 aliphatic carbocycles. The first kappa shape index (κ1) is 24.6. The molecule has 0 N–H and O–H groups in total. The fraction of sp³-hybridized carbons (Fsp3) is 0.258. The number of amides is 1. The van der Waals surface area contributed by atoms with Crippen molar-refractivity contribution in [2.24, 2.45) is 0 Å². The normalized spacial score (nSPS) is 13.6. The molecule has 0 saturated carbocycles. The molecule has 4 aromatic rings. The van der Waals surface area contributed by atoms with Gasteiger partial charge in [-0.3, -0.25) is 4.79 Å². The highest BCUT2D eigenvalue weighted by molar-refractivity contribution is 5.94. The lowest BCUT2D eigenvalue weighted by Gasteiger charge is -2.36. The van der Waals surface area contributed by atoms with Crippen LogP contribution in [-0.4, -0.2) is 47.0 Å². The predicted molar refractivity (Wildman–Crippen MR) is 145 cm³/mol. The van der Waals surface area contributed by atoms with Gasteiger partial charge in [0.15, 0.2) is 5.82 Å². The van der Waals surface area contributed by atoms with Crippen LogP contribution >= 0.6 is 0 Å². The summed E-state index contributed by atoms with van der Waals surface area (Å²) in [4.78, 5) is 27.2. The number of halogens is 1. The number of nitrogens with zero attached hydrogens (tertiary/aromatic N) is 4. The van der Waals surface area contributed by atoms with Crippen molar-refractivity contribution < 1.29 is 9.18 Å². The average molecular weight is 495 g/mol. The lowest BCUT2D eigenvalue weighted by atomic mass is 10.00. The molecule has 0 atom stereocenters. The van der Waals surface area contributed by atoms with Gasteiger partial charge in [-0.2, -0.15) is 0 Å². The molecule has 5 nitrogen and oxygen atoms in total. The van der Waals surface area contributed by atoms with Gasteiger partial charge in [-0.15, -0.1) is 0 Å². The van der Waals surface area contributed by atoms with E-state index in [1.165, 1.54) is 23.3 Å². The molecule has 188 valence electrons. The molecule has 1 saturated heterocycles. The topological polar surface area (TPSA) is 49.3 Å². The number of hydrogen-bond acceptors (Lipinski definition) is 4. The van der Waals surface area contributed by atoms with E-state index in [2.05, 4.69) is 43.0 Å². The van der Waals surface area contributed by atoms with Crippen molar-refractivity contribution in [3.63, 3.8) is 0 Å². The molecular formula is C31H31FN4O. The van der Waals surface area contributed by atoms with Gasteiger partial charge in [-0.1, -0.05) is 67.1 Å². The van der Waals surface area contributed by atoms with Crippen LogP contribution in [0.3, 0.4) is 0 Å². The molecule has 1 fully saturated rings.